The molecule has 1 amide bonds. The molecule has 2 atom stereocenters. The van der Waals surface area contributed by atoms with Gasteiger partial charge in [-0.15, -0.1) is 0 Å². The maximum absolute atomic E-state index is 12.1. The third kappa shape index (κ3) is 2.74. The van der Waals surface area contributed by atoms with E-state index in [2.05, 4.69) is 11.8 Å². The Morgan fingerprint density at radius 2 is 2.12 bits per heavy atom. The van der Waals surface area contributed by atoms with Crippen LogP contribution in [0.5, 0.6) is 0 Å². The summed E-state index contributed by atoms with van der Waals surface area (Å²) in [5.74, 6) is 0.293. The molecule has 92 valence electrons. The van der Waals surface area contributed by atoms with Gasteiger partial charge in [-0.25, -0.2) is 0 Å². The van der Waals surface area contributed by atoms with Crippen molar-refractivity contribution >= 4 is 5.91 Å². The monoisotopic (exact) mass is 225 g/mol. The second kappa shape index (κ2) is 5.15. The molecule has 0 saturated carbocycles. The molecule has 4 heteroatoms. The van der Waals surface area contributed by atoms with E-state index in [1.165, 1.54) is 6.42 Å². The van der Waals surface area contributed by atoms with Gasteiger partial charge in [-0.3, -0.25) is 9.69 Å². The predicted molar refractivity (Wildman–Crippen MR) is 64.1 cm³/mol. The molecule has 0 aliphatic carbocycles. The first-order valence-electron chi connectivity index (χ1n) is 6.44. The second-order valence-electron chi connectivity index (χ2n) is 5.22. The fourth-order valence-electron chi connectivity index (χ4n) is 2.76. The molecule has 2 unspecified atom stereocenters. The maximum Gasteiger partial charge on any atom is 0.236 e. The molecule has 0 aromatic rings. The highest BCUT2D eigenvalue weighted by molar-refractivity contribution is 5.78. The summed E-state index contributed by atoms with van der Waals surface area (Å²) in [4.78, 5) is 16.4. The lowest BCUT2D eigenvalue weighted by Crippen LogP contribution is -2.46. The quantitative estimate of drug-likeness (QED) is 0.741. The minimum Gasteiger partial charge on any atom is -0.339 e. The van der Waals surface area contributed by atoms with Gasteiger partial charge in [0.2, 0.25) is 5.91 Å². The Morgan fingerprint density at radius 3 is 2.75 bits per heavy atom. The van der Waals surface area contributed by atoms with Gasteiger partial charge >= 0.3 is 0 Å². The Labute approximate surface area is 97.8 Å². The molecule has 2 rings (SSSR count). The van der Waals surface area contributed by atoms with Gasteiger partial charge in [0.15, 0.2) is 0 Å². The Hall–Kier alpha value is -0.610. The molecule has 0 bridgehead atoms. The number of nitrogens with two attached hydrogens (primary N) is 1. The van der Waals surface area contributed by atoms with E-state index in [4.69, 9.17) is 5.73 Å². The molecular weight excluding hydrogens is 202 g/mol. The molecule has 2 fully saturated rings. The van der Waals surface area contributed by atoms with Crippen LogP contribution < -0.4 is 5.73 Å². The van der Waals surface area contributed by atoms with Gasteiger partial charge in [0.1, 0.15) is 0 Å². The molecule has 2 saturated heterocycles. The zero-order chi connectivity index (χ0) is 11.5. The van der Waals surface area contributed by atoms with Crippen LogP contribution in [0.1, 0.15) is 32.6 Å². The molecule has 2 aliphatic heterocycles. The molecule has 2 aliphatic rings. The lowest BCUT2D eigenvalue weighted by atomic mass is 10.0. The normalized spacial score (nSPS) is 32.0. The molecule has 0 spiro atoms. The third-order valence-electron chi connectivity index (χ3n) is 3.79. The standard InChI is InChI=1S/C12H23N3O/c1-10-4-2-3-6-15(10)12(16)9-14-7-5-11(13)8-14/h10-11H,2-9,13H2,1H3. The van der Waals surface area contributed by atoms with Gasteiger partial charge in [0.25, 0.3) is 0 Å². The molecule has 4 nitrogen and oxygen atoms in total. The van der Waals surface area contributed by atoms with E-state index in [-0.39, 0.29) is 6.04 Å². The lowest BCUT2D eigenvalue weighted by Gasteiger charge is -2.34. The Bertz CT molecular complexity index is 257. The van der Waals surface area contributed by atoms with Crippen LogP contribution in [0.4, 0.5) is 0 Å². The number of amides is 1. The van der Waals surface area contributed by atoms with E-state index in [1.54, 1.807) is 0 Å². The number of hydrogen-bond acceptors (Lipinski definition) is 3. The van der Waals surface area contributed by atoms with Crippen LogP contribution in [0.15, 0.2) is 0 Å². The molecule has 0 radical (unpaired) electrons. The summed E-state index contributed by atoms with van der Waals surface area (Å²) in [7, 11) is 0. The summed E-state index contributed by atoms with van der Waals surface area (Å²) >= 11 is 0. The number of likely N-dealkylation sites (tertiary alicyclic amines) is 2. The van der Waals surface area contributed by atoms with E-state index in [0.717, 1.165) is 38.9 Å². The van der Waals surface area contributed by atoms with Crippen molar-refractivity contribution in [2.75, 3.05) is 26.2 Å². The molecule has 16 heavy (non-hydrogen) atoms. The molecule has 2 N–H and O–H groups in total. The zero-order valence-corrected chi connectivity index (χ0v) is 10.2. The summed E-state index contributed by atoms with van der Waals surface area (Å²) in [5, 5.41) is 0. The maximum atomic E-state index is 12.1. The third-order valence-corrected chi connectivity index (χ3v) is 3.79. The zero-order valence-electron chi connectivity index (χ0n) is 10.2. The first kappa shape index (κ1) is 11.9. The van der Waals surface area contributed by atoms with Gasteiger partial charge in [0, 0.05) is 31.7 Å². The van der Waals surface area contributed by atoms with Crippen LogP contribution >= 0.6 is 0 Å². The van der Waals surface area contributed by atoms with Crippen molar-refractivity contribution in [2.45, 2.75) is 44.7 Å². The summed E-state index contributed by atoms with van der Waals surface area (Å²) < 4.78 is 0. The van der Waals surface area contributed by atoms with Crippen molar-refractivity contribution in [1.82, 2.24) is 9.80 Å². The molecule has 0 aromatic heterocycles. The van der Waals surface area contributed by atoms with Gasteiger partial charge in [-0.05, 0) is 32.6 Å². The summed E-state index contributed by atoms with van der Waals surface area (Å²) in [5.41, 5.74) is 5.84. The van der Waals surface area contributed by atoms with Crippen LogP contribution in [-0.2, 0) is 4.79 Å². The van der Waals surface area contributed by atoms with Crippen molar-refractivity contribution in [2.24, 2.45) is 5.73 Å². The second-order valence-corrected chi connectivity index (χ2v) is 5.22. The van der Waals surface area contributed by atoms with Crippen molar-refractivity contribution < 1.29 is 4.79 Å². The average molecular weight is 225 g/mol. The number of hydrogen-bond donors (Lipinski definition) is 1. The van der Waals surface area contributed by atoms with Crippen molar-refractivity contribution in [3.05, 3.63) is 0 Å². The SMILES string of the molecule is CC1CCCCN1C(=O)CN1CCC(N)C1. The molecule has 2 heterocycles. The Balaban J connectivity index is 1.82. The number of carbonyl (C=O) groups excluding carboxylic acids is 1. The van der Waals surface area contributed by atoms with Gasteiger partial charge in [-0.1, -0.05) is 0 Å². The lowest BCUT2D eigenvalue weighted by molar-refractivity contribution is -0.135. The molecule has 0 aromatic carbocycles. The predicted octanol–water partition coefficient (Wildman–Crippen LogP) is 0.420. The fraction of sp³-hybridized carbons (Fsp3) is 0.917. The molecular formula is C12H23N3O. The van der Waals surface area contributed by atoms with E-state index < -0.39 is 0 Å². The van der Waals surface area contributed by atoms with Crippen LogP contribution in [0.3, 0.4) is 0 Å². The van der Waals surface area contributed by atoms with Gasteiger partial charge < -0.3 is 10.6 Å². The summed E-state index contributed by atoms with van der Waals surface area (Å²) in [6, 6.07) is 0.698. The van der Waals surface area contributed by atoms with Gasteiger partial charge in [-0.2, -0.15) is 0 Å². The Morgan fingerprint density at radius 1 is 1.31 bits per heavy atom. The number of nitrogens with zero attached hydrogens (tertiary/aromatic N) is 2. The first-order valence-corrected chi connectivity index (χ1v) is 6.44. The first-order chi connectivity index (χ1) is 7.66. The summed E-state index contributed by atoms with van der Waals surface area (Å²) in [6.45, 7) is 5.54. The van der Waals surface area contributed by atoms with Crippen LogP contribution in [0.25, 0.3) is 0 Å². The average Bonchev–Trinajstić information content (AvgIpc) is 2.64. The smallest absolute Gasteiger partial charge is 0.236 e. The van der Waals surface area contributed by atoms with Crippen molar-refractivity contribution in [3.63, 3.8) is 0 Å². The van der Waals surface area contributed by atoms with Crippen LogP contribution in [-0.4, -0.2) is 54.0 Å². The topological polar surface area (TPSA) is 49.6 Å². The minimum absolute atomic E-state index is 0.270. The number of piperidine rings is 1. The fourth-order valence-corrected chi connectivity index (χ4v) is 2.76. The van der Waals surface area contributed by atoms with Crippen molar-refractivity contribution in [3.8, 4) is 0 Å². The highest BCUT2D eigenvalue weighted by atomic mass is 16.2. The minimum atomic E-state index is 0.270. The van der Waals surface area contributed by atoms with Crippen molar-refractivity contribution in [1.29, 1.82) is 0 Å². The number of carbonyl (C=O) groups is 1. The Kier molecular flexibility index (Phi) is 3.82. The van der Waals surface area contributed by atoms with E-state index >= 15 is 0 Å². The van der Waals surface area contributed by atoms with E-state index in [0.29, 0.717) is 18.5 Å². The van der Waals surface area contributed by atoms with Crippen LogP contribution in [0.2, 0.25) is 0 Å². The number of rotatable bonds is 2. The highest BCUT2D eigenvalue weighted by Gasteiger charge is 2.27. The van der Waals surface area contributed by atoms with E-state index in [9.17, 15) is 4.79 Å². The van der Waals surface area contributed by atoms with Gasteiger partial charge in [0.05, 0.1) is 6.54 Å². The van der Waals surface area contributed by atoms with Crippen LogP contribution in [0, 0.1) is 0 Å². The largest absolute Gasteiger partial charge is 0.339 e. The van der Waals surface area contributed by atoms with E-state index in [1.807, 2.05) is 4.90 Å². The highest BCUT2D eigenvalue weighted by Crippen LogP contribution is 2.17. The summed E-state index contributed by atoms with van der Waals surface area (Å²) in [6.07, 6.45) is 4.61.